The van der Waals surface area contributed by atoms with Gasteiger partial charge in [0.15, 0.2) is 0 Å². The van der Waals surface area contributed by atoms with Gasteiger partial charge in [-0.2, -0.15) is 12.7 Å². The van der Waals surface area contributed by atoms with Crippen LogP contribution in [0, 0.1) is 5.82 Å². The van der Waals surface area contributed by atoms with Crippen molar-refractivity contribution in [3.05, 3.63) is 30.1 Å². The van der Waals surface area contributed by atoms with Gasteiger partial charge in [0.25, 0.3) is 0 Å². The summed E-state index contributed by atoms with van der Waals surface area (Å²) in [5.41, 5.74) is 0.221. The summed E-state index contributed by atoms with van der Waals surface area (Å²) >= 11 is 0. The van der Waals surface area contributed by atoms with Crippen LogP contribution in [-0.4, -0.2) is 39.4 Å². The Morgan fingerprint density at radius 1 is 1.37 bits per heavy atom. The summed E-state index contributed by atoms with van der Waals surface area (Å²) in [6.45, 7) is 4.01. The quantitative estimate of drug-likeness (QED) is 0.711. The number of nitrogens with one attached hydrogen (secondary N) is 2. The molecular formula is C12H20FN3O2S. The molecule has 0 fully saturated rings. The summed E-state index contributed by atoms with van der Waals surface area (Å²) in [7, 11) is -2.13. The first kappa shape index (κ1) is 15.9. The van der Waals surface area contributed by atoms with Gasteiger partial charge in [-0.3, -0.25) is 4.72 Å². The van der Waals surface area contributed by atoms with Gasteiger partial charge >= 0.3 is 10.2 Å². The highest BCUT2D eigenvalue weighted by molar-refractivity contribution is 7.90. The molecule has 0 saturated carbocycles. The summed E-state index contributed by atoms with van der Waals surface area (Å²) in [4.78, 5) is 0. The van der Waals surface area contributed by atoms with Crippen LogP contribution in [0.2, 0.25) is 0 Å². The molecule has 2 N–H and O–H groups in total. The van der Waals surface area contributed by atoms with Crippen molar-refractivity contribution in [2.75, 3.05) is 31.4 Å². The van der Waals surface area contributed by atoms with E-state index < -0.39 is 16.0 Å². The normalized spacial score (nSPS) is 11.8. The Bertz CT molecular complexity index is 494. The Balaban J connectivity index is 2.55. The maximum Gasteiger partial charge on any atom is 0.301 e. The van der Waals surface area contributed by atoms with Gasteiger partial charge in [0.1, 0.15) is 5.82 Å². The second-order valence-corrected chi connectivity index (χ2v) is 5.92. The summed E-state index contributed by atoms with van der Waals surface area (Å²) in [6, 6.07) is 5.37. The van der Waals surface area contributed by atoms with Gasteiger partial charge in [-0.15, -0.1) is 0 Å². The zero-order valence-electron chi connectivity index (χ0n) is 11.2. The van der Waals surface area contributed by atoms with Gasteiger partial charge in [0.2, 0.25) is 0 Å². The molecule has 1 aromatic carbocycles. The fourth-order valence-corrected chi connectivity index (χ4v) is 2.45. The largest absolute Gasteiger partial charge is 0.317 e. The number of hydrogen-bond donors (Lipinski definition) is 2. The van der Waals surface area contributed by atoms with Crippen molar-refractivity contribution in [3.63, 3.8) is 0 Å². The molecule has 108 valence electrons. The topological polar surface area (TPSA) is 61.4 Å². The van der Waals surface area contributed by atoms with E-state index in [1.807, 2.05) is 6.92 Å². The smallest absolute Gasteiger partial charge is 0.301 e. The van der Waals surface area contributed by atoms with Gasteiger partial charge in [0, 0.05) is 13.6 Å². The van der Waals surface area contributed by atoms with Gasteiger partial charge in [-0.1, -0.05) is 13.0 Å². The molecule has 7 heteroatoms. The zero-order chi connectivity index (χ0) is 14.3. The Kier molecular flexibility index (Phi) is 6.20. The van der Waals surface area contributed by atoms with Crippen molar-refractivity contribution in [2.45, 2.75) is 13.3 Å². The first-order chi connectivity index (χ1) is 8.95. The predicted octanol–water partition coefficient (Wildman–Crippen LogP) is 1.41. The van der Waals surface area contributed by atoms with Crippen LogP contribution in [-0.2, 0) is 10.2 Å². The molecule has 0 amide bonds. The molecule has 0 spiro atoms. The second kappa shape index (κ2) is 7.42. The molecule has 0 aromatic heterocycles. The number of halogens is 1. The molecule has 0 radical (unpaired) electrons. The minimum Gasteiger partial charge on any atom is -0.317 e. The standard InChI is InChI=1S/C12H20FN3O2S/c1-3-14-8-5-9-16(2)19(17,18)15-12-7-4-6-11(13)10-12/h4,6-7,10,14-15H,3,5,8-9H2,1-2H3. The first-order valence-electron chi connectivity index (χ1n) is 6.16. The molecule has 0 saturated heterocycles. The Labute approximate surface area is 114 Å². The molecule has 0 atom stereocenters. The van der Waals surface area contributed by atoms with Crippen molar-refractivity contribution in [1.29, 1.82) is 0 Å². The van der Waals surface area contributed by atoms with E-state index in [1.165, 1.54) is 29.6 Å². The van der Waals surface area contributed by atoms with E-state index in [4.69, 9.17) is 0 Å². The van der Waals surface area contributed by atoms with Crippen LogP contribution in [0.5, 0.6) is 0 Å². The lowest BCUT2D eigenvalue weighted by Crippen LogP contribution is -2.34. The van der Waals surface area contributed by atoms with Crippen LogP contribution in [0.1, 0.15) is 13.3 Å². The van der Waals surface area contributed by atoms with Gasteiger partial charge in [-0.05, 0) is 37.7 Å². The molecule has 0 unspecified atom stereocenters. The zero-order valence-corrected chi connectivity index (χ0v) is 12.0. The molecule has 0 aliphatic heterocycles. The van der Waals surface area contributed by atoms with E-state index in [0.29, 0.717) is 13.0 Å². The summed E-state index contributed by atoms with van der Waals surface area (Å²) in [6.07, 6.45) is 0.717. The van der Waals surface area contributed by atoms with Gasteiger partial charge in [-0.25, -0.2) is 4.39 Å². The number of rotatable bonds is 8. The molecule has 19 heavy (non-hydrogen) atoms. The third-order valence-corrected chi connectivity index (χ3v) is 4.06. The van der Waals surface area contributed by atoms with Crippen LogP contribution in [0.15, 0.2) is 24.3 Å². The van der Waals surface area contributed by atoms with Crippen LogP contribution >= 0.6 is 0 Å². The minimum atomic E-state index is -3.63. The number of hydrogen-bond acceptors (Lipinski definition) is 3. The molecule has 1 aromatic rings. The van der Waals surface area contributed by atoms with Crippen LogP contribution < -0.4 is 10.0 Å². The molecule has 0 heterocycles. The Hall–Kier alpha value is -1.18. The molecular weight excluding hydrogens is 269 g/mol. The molecule has 0 aliphatic rings. The third kappa shape index (κ3) is 5.54. The first-order valence-corrected chi connectivity index (χ1v) is 7.60. The lowest BCUT2D eigenvalue weighted by molar-refractivity contribution is 0.459. The molecule has 0 aliphatic carbocycles. The van der Waals surface area contributed by atoms with Crippen molar-refractivity contribution in [1.82, 2.24) is 9.62 Å². The van der Waals surface area contributed by atoms with Crippen molar-refractivity contribution in [3.8, 4) is 0 Å². The minimum absolute atomic E-state index is 0.221. The van der Waals surface area contributed by atoms with E-state index in [0.717, 1.165) is 19.2 Å². The van der Waals surface area contributed by atoms with E-state index in [9.17, 15) is 12.8 Å². The maximum absolute atomic E-state index is 13.0. The molecule has 0 bridgehead atoms. The Morgan fingerprint density at radius 3 is 2.74 bits per heavy atom. The van der Waals surface area contributed by atoms with E-state index in [1.54, 1.807) is 0 Å². The summed E-state index contributed by atoms with van der Waals surface area (Å²) < 4.78 is 40.4. The van der Waals surface area contributed by atoms with Crippen LogP contribution in [0.25, 0.3) is 0 Å². The van der Waals surface area contributed by atoms with Crippen LogP contribution in [0.4, 0.5) is 10.1 Å². The van der Waals surface area contributed by atoms with Gasteiger partial charge < -0.3 is 5.32 Å². The van der Waals surface area contributed by atoms with Crippen molar-refractivity contribution >= 4 is 15.9 Å². The fourth-order valence-electron chi connectivity index (χ4n) is 1.50. The molecule has 1 rings (SSSR count). The van der Waals surface area contributed by atoms with Crippen LogP contribution in [0.3, 0.4) is 0 Å². The lowest BCUT2D eigenvalue weighted by atomic mass is 10.3. The highest BCUT2D eigenvalue weighted by atomic mass is 32.2. The summed E-state index contributed by atoms with van der Waals surface area (Å²) in [5, 5.41) is 3.12. The fraction of sp³-hybridized carbons (Fsp3) is 0.500. The monoisotopic (exact) mass is 289 g/mol. The highest BCUT2D eigenvalue weighted by Crippen LogP contribution is 2.12. The SMILES string of the molecule is CCNCCCN(C)S(=O)(=O)Nc1cccc(F)c1. The van der Waals surface area contributed by atoms with E-state index in [-0.39, 0.29) is 5.69 Å². The highest BCUT2D eigenvalue weighted by Gasteiger charge is 2.16. The average molecular weight is 289 g/mol. The maximum atomic E-state index is 13.0. The van der Waals surface area contributed by atoms with Crippen molar-refractivity contribution in [2.24, 2.45) is 0 Å². The lowest BCUT2D eigenvalue weighted by Gasteiger charge is -2.18. The number of benzene rings is 1. The second-order valence-electron chi connectivity index (χ2n) is 4.15. The average Bonchev–Trinajstić information content (AvgIpc) is 2.33. The number of nitrogens with zero attached hydrogens (tertiary/aromatic N) is 1. The number of anilines is 1. The van der Waals surface area contributed by atoms with E-state index in [2.05, 4.69) is 10.0 Å². The Morgan fingerprint density at radius 2 is 2.11 bits per heavy atom. The summed E-state index contributed by atoms with van der Waals surface area (Å²) in [5.74, 6) is -0.477. The van der Waals surface area contributed by atoms with E-state index >= 15 is 0 Å². The van der Waals surface area contributed by atoms with Gasteiger partial charge in [0.05, 0.1) is 5.69 Å². The molecule has 5 nitrogen and oxygen atoms in total. The third-order valence-electron chi connectivity index (χ3n) is 2.56. The predicted molar refractivity (Wildman–Crippen MR) is 74.7 cm³/mol. The van der Waals surface area contributed by atoms with Crippen molar-refractivity contribution < 1.29 is 12.8 Å².